The highest BCUT2D eigenvalue weighted by Gasteiger charge is 2.31. The highest BCUT2D eigenvalue weighted by atomic mass is 16.6. The van der Waals surface area contributed by atoms with E-state index in [-0.39, 0.29) is 18.0 Å². The van der Waals surface area contributed by atoms with Gasteiger partial charge in [-0.15, -0.1) is 0 Å². The molecule has 1 N–H and O–H groups in total. The SMILES string of the molecule is CN(C)C(=O)CC1CNCCN1CC1CCN(C(=O)OC(C)(C)C)CC1. The van der Waals surface area contributed by atoms with Crippen molar-refractivity contribution in [2.75, 3.05) is 53.4 Å². The Kier molecular flexibility index (Phi) is 7.29. The summed E-state index contributed by atoms with van der Waals surface area (Å²) in [6.45, 7) is 11.1. The first-order valence-electron chi connectivity index (χ1n) is 9.78. The molecule has 2 fully saturated rings. The number of piperidine rings is 1. The van der Waals surface area contributed by atoms with E-state index in [1.165, 1.54) is 0 Å². The first kappa shape index (κ1) is 21.0. The van der Waals surface area contributed by atoms with E-state index in [1.807, 2.05) is 39.8 Å². The van der Waals surface area contributed by atoms with Gasteiger partial charge in [-0.25, -0.2) is 4.79 Å². The lowest BCUT2D eigenvalue weighted by Crippen LogP contribution is -2.54. The molecule has 0 aromatic carbocycles. The Balaban J connectivity index is 1.81. The summed E-state index contributed by atoms with van der Waals surface area (Å²) >= 11 is 0. The summed E-state index contributed by atoms with van der Waals surface area (Å²) in [5.41, 5.74) is -0.444. The third-order valence-corrected chi connectivity index (χ3v) is 5.14. The highest BCUT2D eigenvalue weighted by molar-refractivity contribution is 5.76. The Hall–Kier alpha value is -1.34. The largest absolute Gasteiger partial charge is 0.444 e. The van der Waals surface area contributed by atoms with E-state index in [0.717, 1.165) is 52.1 Å². The number of amides is 2. The summed E-state index contributed by atoms with van der Waals surface area (Å²) < 4.78 is 5.47. The van der Waals surface area contributed by atoms with Gasteiger partial charge >= 0.3 is 6.09 Å². The molecule has 1 atom stereocenters. The van der Waals surface area contributed by atoms with Crippen LogP contribution in [0.4, 0.5) is 4.79 Å². The van der Waals surface area contributed by atoms with Crippen LogP contribution in [0.2, 0.25) is 0 Å². The van der Waals surface area contributed by atoms with Crippen LogP contribution in [-0.2, 0) is 9.53 Å². The normalized spacial score (nSPS) is 23.0. The number of carbonyl (C=O) groups excluding carboxylic acids is 2. The van der Waals surface area contributed by atoms with Crippen LogP contribution in [0.1, 0.15) is 40.0 Å². The van der Waals surface area contributed by atoms with E-state index < -0.39 is 5.60 Å². The molecule has 0 spiro atoms. The van der Waals surface area contributed by atoms with Crippen molar-refractivity contribution in [3.05, 3.63) is 0 Å². The fourth-order valence-electron chi connectivity index (χ4n) is 3.59. The van der Waals surface area contributed by atoms with Gasteiger partial charge in [-0.05, 0) is 39.5 Å². The maximum absolute atomic E-state index is 12.2. The summed E-state index contributed by atoms with van der Waals surface area (Å²) in [6, 6.07) is 0.266. The Morgan fingerprint density at radius 1 is 1.15 bits per heavy atom. The van der Waals surface area contributed by atoms with E-state index >= 15 is 0 Å². The molecule has 0 aromatic heterocycles. The number of hydrogen-bond acceptors (Lipinski definition) is 5. The number of likely N-dealkylation sites (tertiary alicyclic amines) is 1. The molecule has 1 unspecified atom stereocenters. The topological polar surface area (TPSA) is 65.1 Å². The lowest BCUT2D eigenvalue weighted by molar-refractivity contribution is -0.130. The minimum absolute atomic E-state index is 0.184. The van der Waals surface area contributed by atoms with Gasteiger partial charge in [0.1, 0.15) is 5.60 Å². The van der Waals surface area contributed by atoms with Gasteiger partial charge in [0.15, 0.2) is 0 Å². The van der Waals surface area contributed by atoms with Crippen molar-refractivity contribution in [2.45, 2.75) is 51.7 Å². The Morgan fingerprint density at radius 3 is 2.38 bits per heavy atom. The van der Waals surface area contributed by atoms with Gasteiger partial charge in [-0.1, -0.05) is 0 Å². The predicted molar refractivity (Wildman–Crippen MR) is 102 cm³/mol. The smallest absolute Gasteiger partial charge is 0.410 e. The van der Waals surface area contributed by atoms with Crippen molar-refractivity contribution in [2.24, 2.45) is 5.92 Å². The van der Waals surface area contributed by atoms with Crippen LogP contribution in [0.5, 0.6) is 0 Å². The third kappa shape index (κ3) is 6.43. The molecule has 0 aromatic rings. The summed E-state index contributed by atoms with van der Waals surface area (Å²) in [5.74, 6) is 0.757. The predicted octanol–water partition coefficient (Wildman–Crippen LogP) is 1.39. The molecule has 2 aliphatic rings. The zero-order chi connectivity index (χ0) is 19.3. The van der Waals surface area contributed by atoms with Gasteiger partial charge < -0.3 is 19.9 Å². The monoisotopic (exact) mass is 368 g/mol. The molecule has 2 rings (SSSR count). The standard InChI is InChI=1S/C19H36N4O3/c1-19(2,3)26-18(25)22-9-6-15(7-10-22)14-23-11-8-20-13-16(23)12-17(24)21(4)5/h15-16,20H,6-14H2,1-5H3. The quantitative estimate of drug-likeness (QED) is 0.812. The molecule has 2 saturated heterocycles. The highest BCUT2D eigenvalue weighted by Crippen LogP contribution is 2.22. The van der Waals surface area contributed by atoms with Crippen LogP contribution in [0, 0.1) is 5.92 Å². The van der Waals surface area contributed by atoms with Crippen LogP contribution >= 0.6 is 0 Å². The molecule has 0 saturated carbocycles. The summed E-state index contributed by atoms with van der Waals surface area (Å²) in [7, 11) is 3.63. The Morgan fingerprint density at radius 2 is 1.81 bits per heavy atom. The lowest BCUT2D eigenvalue weighted by Gasteiger charge is -2.40. The third-order valence-electron chi connectivity index (χ3n) is 5.14. The summed E-state index contributed by atoms with van der Waals surface area (Å²) in [5, 5.41) is 3.41. The number of nitrogens with zero attached hydrogens (tertiary/aromatic N) is 3. The number of hydrogen-bond donors (Lipinski definition) is 1. The number of carbonyl (C=O) groups is 2. The van der Waals surface area contributed by atoms with Crippen LogP contribution in [-0.4, -0.2) is 91.7 Å². The second kappa shape index (κ2) is 9.04. The zero-order valence-corrected chi connectivity index (χ0v) is 17.1. The maximum atomic E-state index is 12.2. The van der Waals surface area contributed by atoms with Crippen LogP contribution in [0.25, 0.3) is 0 Å². The van der Waals surface area contributed by atoms with E-state index in [4.69, 9.17) is 4.74 Å². The van der Waals surface area contributed by atoms with Crippen LogP contribution in [0.15, 0.2) is 0 Å². The average Bonchev–Trinajstić information content (AvgIpc) is 2.55. The van der Waals surface area contributed by atoms with E-state index in [9.17, 15) is 9.59 Å². The summed E-state index contributed by atoms with van der Waals surface area (Å²) in [4.78, 5) is 30.2. The van der Waals surface area contributed by atoms with Gasteiger partial charge in [0.05, 0.1) is 0 Å². The lowest BCUT2D eigenvalue weighted by atomic mass is 9.95. The van der Waals surface area contributed by atoms with Crippen LogP contribution < -0.4 is 5.32 Å². The van der Waals surface area contributed by atoms with Crippen molar-refractivity contribution in [3.8, 4) is 0 Å². The van der Waals surface area contributed by atoms with Gasteiger partial charge in [-0.3, -0.25) is 9.69 Å². The average molecular weight is 369 g/mol. The van der Waals surface area contributed by atoms with Gasteiger partial charge in [0.25, 0.3) is 0 Å². The molecule has 0 radical (unpaired) electrons. The molecule has 2 heterocycles. The van der Waals surface area contributed by atoms with Gasteiger partial charge in [0.2, 0.25) is 5.91 Å². The molecule has 2 amide bonds. The van der Waals surface area contributed by atoms with E-state index in [0.29, 0.717) is 12.3 Å². The van der Waals surface area contributed by atoms with E-state index in [1.54, 1.807) is 4.90 Å². The van der Waals surface area contributed by atoms with Crippen molar-refractivity contribution >= 4 is 12.0 Å². The second-order valence-electron chi connectivity index (χ2n) is 8.76. The Bertz CT molecular complexity index is 482. The molecule has 7 heteroatoms. The van der Waals surface area contributed by atoms with Crippen molar-refractivity contribution in [1.29, 1.82) is 0 Å². The fourth-order valence-corrected chi connectivity index (χ4v) is 3.59. The van der Waals surface area contributed by atoms with Crippen molar-refractivity contribution in [3.63, 3.8) is 0 Å². The van der Waals surface area contributed by atoms with E-state index in [2.05, 4.69) is 10.2 Å². The second-order valence-corrected chi connectivity index (χ2v) is 8.76. The molecule has 26 heavy (non-hydrogen) atoms. The maximum Gasteiger partial charge on any atom is 0.410 e. The number of nitrogens with one attached hydrogen (secondary N) is 1. The fraction of sp³-hybridized carbons (Fsp3) is 0.895. The first-order valence-corrected chi connectivity index (χ1v) is 9.78. The Labute approximate surface area is 158 Å². The number of piperazine rings is 1. The minimum Gasteiger partial charge on any atom is -0.444 e. The first-order chi connectivity index (χ1) is 12.2. The van der Waals surface area contributed by atoms with Crippen molar-refractivity contribution in [1.82, 2.24) is 20.0 Å². The van der Waals surface area contributed by atoms with Crippen molar-refractivity contribution < 1.29 is 14.3 Å². The number of rotatable bonds is 4. The molecule has 0 bridgehead atoms. The molecule has 150 valence electrons. The van der Waals surface area contributed by atoms with Crippen LogP contribution in [0.3, 0.4) is 0 Å². The number of ether oxygens (including phenoxy) is 1. The molecule has 7 nitrogen and oxygen atoms in total. The van der Waals surface area contributed by atoms with Gasteiger partial charge in [-0.2, -0.15) is 0 Å². The molecule has 2 aliphatic heterocycles. The summed E-state index contributed by atoms with van der Waals surface area (Å²) in [6.07, 6.45) is 2.36. The zero-order valence-electron chi connectivity index (χ0n) is 17.1. The minimum atomic E-state index is -0.444. The van der Waals surface area contributed by atoms with Gasteiger partial charge in [0, 0.05) is 65.8 Å². The molecular weight excluding hydrogens is 332 g/mol. The molecule has 0 aliphatic carbocycles. The molecular formula is C19H36N4O3.